The van der Waals surface area contributed by atoms with Crippen LogP contribution in [-0.4, -0.2) is 50.0 Å². The molecule has 1 aliphatic rings. The van der Waals surface area contributed by atoms with E-state index in [9.17, 15) is 0 Å². The van der Waals surface area contributed by atoms with Gasteiger partial charge in [-0.2, -0.15) is 0 Å². The molecule has 18 heavy (non-hydrogen) atoms. The third kappa shape index (κ3) is 3.28. The molecule has 2 rings (SSSR count). The summed E-state index contributed by atoms with van der Waals surface area (Å²) in [6.07, 6.45) is 0. The molecule has 1 heterocycles. The lowest BCUT2D eigenvalue weighted by Gasteiger charge is -2.22. The van der Waals surface area contributed by atoms with Gasteiger partial charge in [0.25, 0.3) is 0 Å². The second-order valence-corrected chi connectivity index (χ2v) is 4.88. The molecule has 1 atom stereocenters. The van der Waals surface area contributed by atoms with Crippen LogP contribution in [0.2, 0.25) is 0 Å². The van der Waals surface area contributed by atoms with Gasteiger partial charge in [-0.1, -0.05) is 6.07 Å². The summed E-state index contributed by atoms with van der Waals surface area (Å²) in [7, 11) is 1.93. The van der Waals surface area contributed by atoms with Crippen LogP contribution in [-0.2, 0) is 0 Å². The average Bonchev–Trinajstić information content (AvgIpc) is 2.38. The van der Waals surface area contributed by atoms with Crippen LogP contribution >= 0.6 is 11.6 Å². The fourth-order valence-corrected chi connectivity index (χ4v) is 2.27. The van der Waals surface area contributed by atoms with E-state index in [0.29, 0.717) is 26.3 Å². The largest absolute Gasteiger partial charge is 0.486 e. The van der Waals surface area contributed by atoms with Gasteiger partial charge in [-0.15, -0.1) is 11.6 Å². The zero-order valence-corrected chi connectivity index (χ0v) is 11.2. The molecule has 0 saturated heterocycles. The quantitative estimate of drug-likeness (QED) is 0.827. The molecule has 0 aromatic heterocycles. The first kappa shape index (κ1) is 13.5. The van der Waals surface area contributed by atoms with Crippen molar-refractivity contribution in [3.05, 3.63) is 23.8 Å². The summed E-state index contributed by atoms with van der Waals surface area (Å²) < 4.78 is 11.0. The predicted molar refractivity (Wildman–Crippen MR) is 70.6 cm³/mol. The Kier molecular flexibility index (Phi) is 4.69. The molecule has 1 N–H and O–H groups in total. The summed E-state index contributed by atoms with van der Waals surface area (Å²) in [5, 5.41) is 8.73. The van der Waals surface area contributed by atoms with E-state index in [1.54, 1.807) is 0 Å². The summed E-state index contributed by atoms with van der Waals surface area (Å²) >= 11 is 6.36. The van der Waals surface area contributed by atoms with Crippen LogP contribution in [0.4, 0.5) is 0 Å². The van der Waals surface area contributed by atoms with Crippen LogP contribution < -0.4 is 9.47 Å². The van der Waals surface area contributed by atoms with Crippen molar-refractivity contribution < 1.29 is 14.6 Å². The summed E-state index contributed by atoms with van der Waals surface area (Å²) in [6.45, 7) is 2.61. The lowest BCUT2D eigenvalue weighted by Crippen LogP contribution is -2.25. The molecule has 4 nitrogen and oxygen atoms in total. The molecular formula is C13H18ClNO3. The van der Waals surface area contributed by atoms with Gasteiger partial charge in [-0.3, -0.25) is 0 Å². The lowest BCUT2D eigenvalue weighted by atomic mass is 10.1. The van der Waals surface area contributed by atoms with E-state index in [1.807, 2.05) is 30.1 Å². The second-order valence-electron chi connectivity index (χ2n) is 4.36. The number of hydrogen-bond donors (Lipinski definition) is 1. The first-order valence-electron chi connectivity index (χ1n) is 6.03. The molecule has 0 fully saturated rings. The molecule has 1 aliphatic heterocycles. The number of alkyl halides is 1. The number of benzene rings is 1. The minimum atomic E-state index is -0.127. The first-order chi connectivity index (χ1) is 8.70. The Morgan fingerprint density at radius 1 is 1.33 bits per heavy atom. The van der Waals surface area contributed by atoms with Gasteiger partial charge < -0.3 is 19.5 Å². The number of fused-ring (bicyclic) bond motifs is 1. The van der Waals surface area contributed by atoms with Crippen molar-refractivity contribution in [3.63, 3.8) is 0 Å². The smallest absolute Gasteiger partial charge is 0.161 e. The van der Waals surface area contributed by atoms with Crippen molar-refractivity contribution in [2.45, 2.75) is 5.38 Å². The van der Waals surface area contributed by atoms with Crippen molar-refractivity contribution in [2.24, 2.45) is 0 Å². The van der Waals surface area contributed by atoms with Gasteiger partial charge in [0, 0.05) is 13.1 Å². The predicted octanol–water partition coefficient (Wildman–Crippen LogP) is 1.66. The number of rotatable bonds is 5. The van der Waals surface area contributed by atoms with E-state index in [-0.39, 0.29) is 12.0 Å². The first-order valence-corrected chi connectivity index (χ1v) is 6.47. The second kappa shape index (κ2) is 6.27. The molecular weight excluding hydrogens is 254 g/mol. The Labute approximate surface area is 112 Å². The van der Waals surface area contributed by atoms with Crippen LogP contribution in [0.5, 0.6) is 11.5 Å². The van der Waals surface area contributed by atoms with Gasteiger partial charge >= 0.3 is 0 Å². The molecule has 1 aromatic carbocycles. The zero-order valence-electron chi connectivity index (χ0n) is 10.4. The van der Waals surface area contributed by atoms with E-state index in [0.717, 1.165) is 17.1 Å². The maximum Gasteiger partial charge on any atom is 0.161 e. The zero-order chi connectivity index (χ0) is 13.0. The van der Waals surface area contributed by atoms with Crippen LogP contribution in [0.15, 0.2) is 18.2 Å². The highest BCUT2D eigenvalue weighted by atomic mass is 35.5. The maximum atomic E-state index is 8.86. The molecule has 0 radical (unpaired) electrons. The molecule has 0 bridgehead atoms. The molecule has 0 spiro atoms. The van der Waals surface area contributed by atoms with E-state index in [4.69, 9.17) is 26.2 Å². The van der Waals surface area contributed by atoms with Crippen molar-refractivity contribution >= 4 is 11.6 Å². The van der Waals surface area contributed by atoms with E-state index in [2.05, 4.69) is 0 Å². The number of aliphatic hydroxyl groups excluding tert-OH is 1. The minimum Gasteiger partial charge on any atom is -0.486 e. The summed E-state index contributed by atoms with van der Waals surface area (Å²) in [4.78, 5) is 1.99. The van der Waals surface area contributed by atoms with Crippen LogP contribution in [0.1, 0.15) is 10.9 Å². The van der Waals surface area contributed by atoms with Gasteiger partial charge in [0.15, 0.2) is 11.5 Å². The topological polar surface area (TPSA) is 41.9 Å². The number of aliphatic hydroxyl groups is 1. The Balaban J connectivity index is 2.04. The summed E-state index contributed by atoms with van der Waals surface area (Å²) in [6, 6.07) is 5.78. The van der Waals surface area contributed by atoms with Crippen LogP contribution in [0.25, 0.3) is 0 Å². The highest BCUT2D eigenvalue weighted by Gasteiger charge is 2.16. The third-order valence-electron chi connectivity index (χ3n) is 2.88. The fourth-order valence-electron chi connectivity index (χ4n) is 1.90. The molecule has 0 saturated carbocycles. The normalized spacial score (nSPS) is 15.8. The summed E-state index contributed by atoms with van der Waals surface area (Å²) in [5.41, 5.74) is 1.01. The van der Waals surface area contributed by atoms with Gasteiger partial charge in [0.05, 0.1) is 12.0 Å². The minimum absolute atomic E-state index is 0.127. The monoisotopic (exact) mass is 271 g/mol. The molecule has 0 amide bonds. The molecule has 1 unspecified atom stereocenters. The van der Waals surface area contributed by atoms with Gasteiger partial charge in [-0.05, 0) is 24.7 Å². The number of ether oxygens (including phenoxy) is 2. The highest BCUT2D eigenvalue weighted by Crippen LogP contribution is 2.34. The lowest BCUT2D eigenvalue weighted by molar-refractivity contribution is 0.171. The molecule has 0 aliphatic carbocycles. The van der Waals surface area contributed by atoms with Gasteiger partial charge in [0.1, 0.15) is 13.2 Å². The van der Waals surface area contributed by atoms with Gasteiger partial charge in [0.2, 0.25) is 0 Å². The fraction of sp³-hybridized carbons (Fsp3) is 0.538. The molecule has 5 heteroatoms. The standard InChI is InChI=1S/C13H18ClNO3/c1-15(4-5-16)9-11(14)10-2-3-12-13(8-10)18-7-6-17-12/h2-3,8,11,16H,4-7,9H2,1H3. The summed E-state index contributed by atoms with van der Waals surface area (Å²) in [5.74, 6) is 1.53. The van der Waals surface area contributed by atoms with E-state index in [1.165, 1.54) is 0 Å². The molecule has 100 valence electrons. The van der Waals surface area contributed by atoms with E-state index >= 15 is 0 Å². The van der Waals surface area contributed by atoms with Crippen molar-refractivity contribution in [3.8, 4) is 11.5 Å². The number of nitrogens with zero attached hydrogens (tertiary/aromatic N) is 1. The van der Waals surface area contributed by atoms with Crippen molar-refractivity contribution in [2.75, 3.05) is 40.0 Å². The van der Waals surface area contributed by atoms with Crippen LogP contribution in [0, 0.1) is 0 Å². The number of halogens is 1. The van der Waals surface area contributed by atoms with E-state index < -0.39 is 0 Å². The average molecular weight is 272 g/mol. The molecule has 1 aromatic rings. The Bertz CT molecular complexity index is 400. The Morgan fingerprint density at radius 3 is 2.78 bits per heavy atom. The third-order valence-corrected chi connectivity index (χ3v) is 3.27. The highest BCUT2D eigenvalue weighted by molar-refractivity contribution is 6.21. The van der Waals surface area contributed by atoms with Crippen LogP contribution in [0.3, 0.4) is 0 Å². The maximum absolute atomic E-state index is 8.86. The van der Waals surface area contributed by atoms with Crippen molar-refractivity contribution in [1.82, 2.24) is 4.90 Å². The SMILES string of the molecule is CN(CCO)CC(Cl)c1ccc2c(c1)OCCO2. The van der Waals surface area contributed by atoms with Crippen molar-refractivity contribution in [1.29, 1.82) is 0 Å². The van der Waals surface area contributed by atoms with Gasteiger partial charge in [-0.25, -0.2) is 0 Å². The number of hydrogen-bond acceptors (Lipinski definition) is 4. The Hall–Kier alpha value is -0.970. The Morgan fingerprint density at radius 2 is 2.06 bits per heavy atom. The number of likely N-dealkylation sites (N-methyl/N-ethyl adjacent to an activating group) is 1.